The van der Waals surface area contributed by atoms with Crippen LogP contribution in [0.1, 0.15) is 61.1 Å². The van der Waals surface area contributed by atoms with E-state index in [1.807, 2.05) is 27.5 Å². The molecule has 3 aliphatic rings. The molecule has 0 aromatic carbocycles. The third kappa shape index (κ3) is 4.01. The summed E-state index contributed by atoms with van der Waals surface area (Å²) < 4.78 is 7.45. The van der Waals surface area contributed by atoms with Gasteiger partial charge in [-0.1, -0.05) is 0 Å². The number of nitrogens with one attached hydrogen (secondary N) is 1. The number of amides is 3. The van der Waals surface area contributed by atoms with Gasteiger partial charge in [0.15, 0.2) is 0 Å². The molecule has 3 amide bonds. The lowest BCUT2D eigenvalue weighted by atomic mass is 9.93. The number of carbonyl (C=O) groups is 2. The first-order valence-corrected chi connectivity index (χ1v) is 10.7. The van der Waals surface area contributed by atoms with Crippen molar-refractivity contribution in [1.29, 1.82) is 0 Å². The molecule has 0 saturated carbocycles. The van der Waals surface area contributed by atoms with Crippen LogP contribution in [0.2, 0.25) is 0 Å². The Labute approximate surface area is 166 Å². The van der Waals surface area contributed by atoms with Crippen LogP contribution in [0.4, 0.5) is 4.79 Å². The fourth-order valence-electron chi connectivity index (χ4n) is 4.45. The molecule has 0 spiro atoms. The Kier molecular flexibility index (Phi) is 5.85. The zero-order valence-corrected chi connectivity index (χ0v) is 16.7. The molecule has 8 nitrogen and oxygen atoms in total. The van der Waals surface area contributed by atoms with E-state index in [0.717, 1.165) is 77.1 Å². The van der Waals surface area contributed by atoms with Gasteiger partial charge in [-0.15, -0.1) is 0 Å². The summed E-state index contributed by atoms with van der Waals surface area (Å²) in [5, 5.41) is 7.75. The Bertz CT molecular complexity index is 705. The second-order valence-electron chi connectivity index (χ2n) is 8.00. The molecule has 0 aliphatic carbocycles. The molecule has 1 N–H and O–H groups in total. The van der Waals surface area contributed by atoms with Gasteiger partial charge in [-0.25, -0.2) is 4.79 Å². The molecule has 0 unspecified atom stereocenters. The number of hydrogen-bond donors (Lipinski definition) is 1. The summed E-state index contributed by atoms with van der Waals surface area (Å²) in [7, 11) is 0. The van der Waals surface area contributed by atoms with E-state index >= 15 is 0 Å². The zero-order chi connectivity index (χ0) is 19.5. The Morgan fingerprint density at radius 2 is 2.04 bits per heavy atom. The van der Waals surface area contributed by atoms with Crippen LogP contribution in [0.3, 0.4) is 0 Å². The van der Waals surface area contributed by atoms with E-state index in [2.05, 4.69) is 5.32 Å². The Balaban J connectivity index is 1.32. The summed E-state index contributed by atoms with van der Waals surface area (Å²) in [4.78, 5) is 28.9. The van der Waals surface area contributed by atoms with Crippen molar-refractivity contribution < 1.29 is 14.3 Å². The van der Waals surface area contributed by atoms with E-state index in [1.54, 1.807) is 0 Å². The van der Waals surface area contributed by atoms with Gasteiger partial charge in [-0.3, -0.25) is 9.48 Å². The topological polar surface area (TPSA) is 79.7 Å². The highest BCUT2D eigenvalue weighted by Crippen LogP contribution is 2.28. The summed E-state index contributed by atoms with van der Waals surface area (Å²) in [6, 6.07) is 1.98. The maximum absolute atomic E-state index is 12.7. The molecule has 1 atom stereocenters. The van der Waals surface area contributed by atoms with Gasteiger partial charge in [0.05, 0.1) is 11.8 Å². The van der Waals surface area contributed by atoms with Crippen molar-refractivity contribution in [2.24, 2.45) is 0 Å². The molecular formula is C20H31N5O3. The molecule has 0 bridgehead atoms. The van der Waals surface area contributed by atoms with Crippen molar-refractivity contribution in [3.8, 4) is 0 Å². The first kappa shape index (κ1) is 19.2. The van der Waals surface area contributed by atoms with Gasteiger partial charge in [0.1, 0.15) is 5.69 Å². The number of fused-ring (bicyclic) bond motifs is 1. The van der Waals surface area contributed by atoms with E-state index in [4.69, 9.17) is 9.84 Å². The fourth-order valence-corrected chi connectivity index (χ4v) is 4.45. The van der Waals surface area contributed by atoms with Crippen molar-refractivity contribution in [2.45, 2.75) is 57.6 Å². The minimum Gasteiger partial charge on any atom is -0.376 e. The van der Waals surface area contributed by atoms with Crippen LogP contribution >= 0.6 is 0 Å². The van der Waals surface area contributed by atoms with Gasteiger partial charge < -0.3 is 19.9 Å². The summed E-state index contributed by atoms with van der Waals surface area (Å²) in [5.41, 5.74) is 1.71. The SMILES string of the molecule is CCN1CCCn2nc(C3CCN(C(=O)NC[C@H]4CCCO4)CC3)cc2C1=O. The van der Waals surface area contributed by atoms with Gasteiger partial charge in [0.25, 0.3) is 5.91 Å². The lowest BCUT2D eigenvalue weighted by Gasteiger charge is -2.31. The predicted octanol–water partition coefficient (Wildman–Crippen LogP) is 1.82. The average Bonchev–Trinajstić information content (AvgIpc) is 3.36. The van der Waals surface area contributed by atoms with Crippen molar-refractivity contribution >= 4 is 11.9 Å². The smallest absolute Gasteiger partial charge is 0.317 e. The molecule has 4 rings (SSSR count). The van der Waals surface area contributed by atoms with E-state index in [0.29, 0.717) is 18.2 Å². The molecule has 154 valence electrons. The van der Waals surface area contributed by atoms with Crippen LogP contribution in [0.25, 0.3) is 0 Å². The fraction of sp³-hybridized carbons (Fsp3) is 0.750. The summed E-state index contributed by atoms with van der Waals surface area (Å²) >= 11 is 0. The number of likely N-dealkylation sites (tertiary alicyclic amines) is 1. The van der Waals surface area contributed by atoms with Crippen LogP contribution in [-0.2, 0) is 11.3 Å². The van der Waals surface area contributed by atoms with E-state index < -0.39 is 0 Å². The highest BCUT2D eigenvalue weighted by Gasteiger charge is 2.29. The standard InChI is InChI=1S/C20H31N5O3/c1-2-23-8-4-9-25-18(19(23)26)13-17(22-25)15-6-10-24(11-7-15)20(27)21-14-16-5-3-12-28-16/h13,15-16H,2-12,14H2,1H3,(H,21,27)/t16-/m1/s1. The molecule has 4 heterocycles. The molecule has 0 radical (unpaired) electrons. The Morgan fingerprint density at radius 3 is 2.75 bits per heavy atom. The van der Waals surface area contributed by atoms with Gasteiger partial charge in [0.2, 0.25) is 0 Å². The van der Waals surface area contributed by atoms with E-state index in [1.165, 1.54) is 0 Å². The monoisotopic (exact) mass is 389 g/mol. The number of aryl methyl sites for hydroxylation is 1. The number of nitrogens with zero attached hydrogens (tertiary/aromatic N) is 4. The first-order chi connectivity index (χ1) is 13.7. The second-order valence-corrected chi connectivity index (χ2v) is 8.00. The quantitative estimate of drug-likeness (QED) is 0.852. The van der Waals surface area contributed by atoms with Gasteiger partial charge >= 0.3 is 6.03 Å². The zero-order valence-electron chi connectivity index (χ0n) is 16.7. The van der Waals surface area contributed by atoms with Gasteiger partial charge in [-0.2, -0.15) is 5.10 Å². The molecule has 3 aliphatic heterocycles. The number of urea groups is 1. The van der Waals surface area contributed by atoms with E-state index in [-0.39, 0.29) is 18.0 Å². The summed E-state index contributed by atoms with van der Waals surface area (Å²) in [6.07, 6.45) is 4.99. The lowest BCUT2D eigenvalue weighted by molar-refractivity contribution is 0.0766. The van der Waals surface area contributed by atoms with E-state index in [9.17, 15) is 9.59 Å². The predicted molar refractivity (Wildman–Crippen MR) is 104 cm³/mol. The number of hydrogen-bond acceptors (Lipinski definition) is 4. The lowest BCUT2D eigenvalue weighted by Crippen LogP contribution is -2.46. The summed E-state index contributed by atoms with van der Waals surface area (Å²) in [6.45, 7) is 7.19. The van der Waals surface area contributed by atoms with Crippen LogP contribution in [0, 0.1) is 0 Å². The molecule has 2 saturated heterocycles. The Morgan fingerprint density at radius 1 is 1.21 bits per heavy atom. The maximum atomic E-state index is 12.7. The van der Waals surface area contributed by atoms with Gasteiger partial charge in [0, 0.05) is 51.8 Å². The van der Waals surface area contributed by atoms with Crippen molar-refractivity contribution in [3.05, 3.63) is 17.5 Å². The number of aromatic nitrogens is 2. The summed E-state index contributed by atoms with van der Waals surface area (Å²) in [5.74, 6) is 0.397. The van der Waals surface area contributed by atoms with Crippen LogP contribution < -0.4 is 5.32 Å². The van der Waals surface area contributed by atoms with Crippen LogP contribution in [-0.4, -0.2) is 77.0 Å². The highest BCUT2D eigenvalue weighted by molar-refractivity contribution is 5.93. The highest BCUT2D eigenvalue weighted by atomic mass is 16.5. The normalized spacial score (nSPS) is 23.6. The minimum atomic E-state index is 0.00309. The van der Waals surface area contributed by atoms with Crippen molar-refractivity contribution in [2.75, 3.05) is 39.3 Å². The van der Waals surface area contributed by atoms with Crippen molar-refractivity contribution in [3.63, 3.8) is 0 Å². The van der Waals surface area contributed by atoms with Crippen LogP contribution in [0.15, 0.2) is 6.07 Å². The third-order valence-electron chi connectivity index (χ3n) is 6.19. The molecule has 2 fully saturated rings. The minimum absolute atomic E-state index is 0.00309. The number of rotatable bonds is 4. The van der Waals surface area contributed by atoms with Crippen LogP contribution in [0.5, 0.6) is 0 Å². The molecule has 8 heteroatoms. The molecule has 1 aromatic heterocycles. The first-order valence-electron chi connectivity index (χ1n) is 10.7. The number of carbonyl (C=O) groups excluding carboxylic acids is 2. The van der Waals surface area contributed by atoms with Crippen molar-refractivity contribution in [1.82, 2.24) is 24.9 Å². The average molecular weight is 390 g/mol. The largest absolute Gasteiger partial charge is 0.376 e. The maximum Gasteiger partial charge on any atom is 0.317 e. The molecular weight excluding hydrogens is 358 g/mol. The number of ether oxygens (including phenoxy) is 1. The molecule has 1 aromatic rings. The van der Waals surface area contributed by atoms with Gasteiger partial charge in [-0.05, 0) is 45.1 Å². The Hall–Kier alpha value is -2.09. The third-order valence-corrected chi connectivity index (χ3v) is 6.19. The number of piperidine rings is 1. The second kappa shape index (κ2) is 8.51. The molecule has 28 heavy (non-hydrogen) atoms.